The first-order valence-electron chi connectivity index (χ1n) is 6.85. The summed E-state index contributed by atoms with van der Waals surface area (Å²) >= 11 is 6.30. The molecule has 1 heterocycles. The zero-order valence-electron chi connectivity index (χ0n) is 12.9. The predicted molar refractivity (Wildman–Crippen MR) is 83.4 cm³/mol. The minimum absolute atomic E-state index is 0.0139. The molecule has 1 aromatic heterocycles. The highest BCUT2D eigenvalue weighted by molar-refractivity contribution is 6.31. The summed E-state index contributed by atoms with van der Waals surface area (Å²) in [5.74, 6) is 1.53. The van der Waals surface area contributed by atoms with Crippen molar-refractivity contribution in [3.05, 3.63) is 40.9 Å². The van der Waals surface area contributed by atoms with Crippen LogP contribution in [0.3, 0.4) is 0 Å². The number of hydrogen-bond donors (Lipinski definition) is 1. The molecule has 0 atom stereocenters. The zero-order chi connectivity index (χ0) is 15.5. The van der Waals surface area contributed by atoms with Crippen molar-refractivity contribution in [2.45, 2.75) is 39.5 Å². The van der Waals surface area contributed by atoms with Crippen LogP contribution in [0.5, 0.6) is 5.75 Å². The second-order valence-corrected chi connectivity index (χ2v) is 6.32. The summed E-state index contributed by atoms with van der Waals surface area (Å²) in [5, 5.41) is 8.15. The van der Waals surface area contributed by atoms with Crippen LogP contribution < -0.4 is 10.1 Å². The molecule has 0 fully saturated rings. The van der Waals surface area contributed by atoms with Crippen LogP contribution in [0.4, 0.5) is 0 Å². The molecule has 0 bridgehead atoms. The number of aromatic nitrogens is 3. The van der Waals surface area contributed by atoms with Gasteiger partial charge in [0.1, 0.15) is 18.7 Å². The van der Waals surface area contributed by atoms with E-state index >= 15 is 0 Å². The summed E-state index contributed by atoms with van der Waals surface area (Å²) in [7, 11) is 1.84. The van der Waals surface area contributed by atoms with Crippen LogP contribution in [0, 0.1) is 0 Å². The fourth-order valence-electron chi connectivity index (χ4n) is 1.79. The summed E-state index contributed by atoms with van der Waals surface area (Å²) < 4.78 is 7.55. The molecule has 0 saturated carbocycles. The molecule has 0 saturated heterocycles. The molecule has 1 N–H and O–H groups in total. The molecule has 5 nitrogen and oxygen atoms in total. The monoisotopic (exact) mass is 308 g/mol. The SMILES string of the molecule is Cn1ncnc1COc1cccc(Cl)c1CNC(C)(C)C. The largest absolute Gasteiger partial charge is 0.485 e. The first-order chi connectivity index (χ1) is 9.87. The average molecular weight is 309 g/mol. The molecule has 0 unspecified atom stereocenters. The maximum absolute atomic E-state index is 6.30. The van der Waals surface area contributed by atoms with E-state index in [9.17, 15) is 0 Å². The number of ether oxygens (including phenoxy) is 1. The van der Waals surface area contributed by atoms with Crippen LogP contribution in [-0.2, 0) is 20.2 Å². The van der Waals surface area contributed by atoms with Crippen molar-refractivity contribution in [2.75, 3.05) is 0 Å². The van der Waals surface area contributed by atoms with Crippen molar-refractivity contribution < 1.29 is 4.74 Å². The molecule has 0 spiro atoms. The molecule has 0 aliphatic carbocycles. The van der Waals surface area contributed by atoms with E-state index in [0.717, 1.165) is 17.1 Å². The third kappa shape index (κ3) is 4.44. The Morgan fingerprint density at radius 1 is 1.33 bits per heavy atom. The van der Waals surface area contributed by atoms with Crippen molar-refractivity contribution in [3.63, 3.8) is 0 Å². The van der Waals surface area contributed by atoms with Crippen LogP contribution in [0.2, 0.25) is 5.02 Å². The van der Waals surface area contributed by atoms with Crippen LogP contribution in [0.25, 0.3) is 0 Å². The Kier molecular flexibility index (Phi) is 4.85. The van der Waals surface area contributed by atoms with Crippen LogP contribution >= 0.6 is 11.6 Å². The third-order valence-corrected chi connectivity index (χ3v) is 3.39. The van der Waals surface area contributed by atoms with Gasteiger partial charge in [0, 0.05) is 29.7 Å². The van der Waals surface area contributed by atoms with E-state index in [0.29, 0.717) is 18.2 Å². The molecule has 0 radical (unpaired) electrons. The van der Waals surface area contributed by atoms with E-state index in [1.807, 2.05) is 25.2 Å². The van der Waals surface area contributed by atoms with E-state index in [2.05, 4.69) is 36.2 Å². The number of rotatable bonds is 5. The van der Waals surface area contributed by atoms with Crippen LogP contribution in [-0.4, -0.2) is 20.3 Å². The number of hydrogen-bond acceptors (Lipinski definition) is 4. The molecule has 21 heavy (non-hydrogen) atoms. The van der Waals surface area contributed by atoms with Gasteiger partial charge in [-0.3, -0.25) is 4.68 Å². The highest BCUT2D eigenvalue weighted by Crippen LogP contribution is 2.27. The van der Waals surface area contributed by atoms with Crippen molar-refractivity contribution in [1.82, 2.24) is 20.1 Å². The van der Waals surface area contributed by atoms with Crippen LogP contribution in [0.15, 0.2) is 24.5 Å². The molecule has 114 valence electrons. The second kappa shape index (κ2) is 6.45. The third-order valence-electron chi connectivity index (χ3n) is 3.03. The topological polar surface area (TPSA) is 52.0 Å². The van der Waals surface area contributed by atoms with Crippen LogP contribution in [0.1, 0.15) is 32.2 Å². The maximum atomic E-state index is 6.30. The Hall–Kier alpha value is -1.59. The van der Waals surface area contributed by atoms with Gasteiger partial charge in [-0.05, 0) is 32.9 Å². The molecule has 2 rings (SSSR count). The van der Waals surface area contributed by atoms with Gasteiger partial charge in [0.15, 0.2) is 5.82 Å². The Morgan fingerprint density at radius 2 is 2.10 bits per heavy atom. The van der Waals surface area contributed by atoms with Gasteiger partial charge in [0.2, 0.25) is 0 Å². The summed E-state index contributed by atoms with van der Waals surface area (Å²) in [6, 6.07) is 5.67. The fourth-order valence-corrected chi connectivity index (χ4v) is 2.03. The van der Waals surface area contributed by atoms with Gasteiger partial charge in [-0.15, -0.1) is 0 Å². The van der Waals surface area contributed by atoms with E-state index in [1.54, 1.807) is 4.68 Å². The Bertz CT molecular complexity index is 604. The van der Waals surface area contributed by atoms with E-state index in [4.69, 9.17) is 16.3 Å². The maximum Gasteiger partial charge on any atom is 0.164 e. The smallest absolute Gasteiger partial charge is 0.164 e. The number of halogens is 1. The van der Waals surface area contributed by atoms with Crippen molar-refractivity contribution in [1.29, 1.82) is 0 Å². The van der Waals surface area contributed by atoms with Crippen molar-refractivity contribution >= 4 is 11.6 Å². The number of aryl methyl sites for hydroxylation is 1. The van der Waals surface area contributed by atoms with E-state index in [1.165, 1.54) is 6.33 Å². The Balaban J connectivity index is 2.11. The first kappa shape index (κ1) is 15.8. The number of benzene rings is 1. The molecular formula is C15H21ClN4O. The molecule has 2 aromatic rings. The van der Waals surface area contributed by atoms with Gasteiger partial charge < -0.3 is 10.1 Å². The number of nitrogens with zero attached hydrogens (tertiary/aromatic N) is 3. The Morgan fingerprint density at radius 3 is 2.71 bits per heavy atom. The van der Waals surface area contributed by atoms with E-state index < -0.39 is 0 Å². The lowest BCUT2D eigenvalue weighted by atomic mass is 10.1. The first-order valence-corrected chi connectivity index (χ1v) is 7.23. The number of nitrogens with one attached hydrogen (secondary N) is 1. The van der Waals surface area contributed by atoms with Crippen molar-refractivity contribution in [2.24, 2.45) is 7.05 Å². The molecule has 6 heteroatoms. The lowest BCUT2D eigenvalue weighted by Gasteiger charge is -2.22. The standard InChI is InChI=1S/C15H21ClN4O/c1-15(2,3)18-8-11-12(16)6-5-7-13(11)21-9-14-17-10-19-20(14)4/h5-7,10,18H,8-9H2,1-4H3. The van der Waals surface area contributed by atoms with Gasteiger partial charge in [0.05, 0.1) is 0 Å². The minimum Gasteiger partial charge on any atom is -0.485 e. The molecule has 1 aromatic carbocycles. The van der Waals surface area contributed by atoms with Gasteiger partial charge in [-0.2, -0.15) is 5.10 Å². The fraction of sp³-hybridized carbons (Fsp3) is 0.467. The summed E-state index contributed by atoms with van der Waals surface area (Å²) in [5.41, 5.74) is 0.969. The molecule has 0 aliphatic rings. The highest BCUT2D eigenvalue weighted by atomic mass is 35.5. The summed E-state index contributed by atoms with van der Waals surface area (Å²) in [6.45, 7) is 7.36. The molecular weight excluding hydrogens is 288 g/mol. The normalized spacial score (nSPS) is 11.7. The lowest BCUT2D eigenvalue weighted by molar-refractivity contribution is 0.284. The van der Waals surface area contributed by atoms with Crippen molar-refractivity contribution in [3.8, 4) is 5.75 Å². The minimum atomic E-state index is 0.0139. The quantitative estimate of drug-likeness (QED) is 0.922. The summed E-state index contributed by atoms with van der Waals surface area (Å²) in [6.07, 6.45) is 1.51. The van der Waals surface area contributed by atoms with Gasteiger partial charge in [-0.25, -0.2) is 4.98 Å². The highest BCUT2D eigenvalue weighted by Gasteiger charge is 2.14. The summed E-state index contributed by atoms with van der Waals surface area (Å²) in [4.78, 5) is 4.15. The van der Waals surface area contributed by atoms with E-state index in [-0.39, 0.29) is 5.54 Å². The second-order valence-electron chi connectivity index (χ2n) is 5.91. The predicted octanol–water partition coefficient (Wildman–Crippen LogP) is 2.94. The molecule has 0 amide bonds. The zero-order valence-corrected chi connectivity index (χ0v) is 13.6. The lowest BCUT2D eigenvalue weighted by Crippen LogP contribution is -2.35. The van der Waals surface area contributed by atoms with Gasteiger partial charge in [0.25, 0.3) is 0 Å². The van der Waals surface area contributed by atoms with Gasteiger partial charge >= 0.3 is 0 Å². The average Bonchev–Trinajstić information content (AvgIpc) is 2.79. The molecule has 0 aliphatic heterocycles. The Labute approximate surface area is 130 Å². The van der Waals surface area contributed by atoms with Gasteiger partial charge in [-0.1, -0.05) is 17.7 Å².